The first-order chi connectivity index (χ1) is 12.3. The molecule has 0 heterocycles. The van der Waals surface area contributed by atoms with Crippen LogP contribution in [0.4, 0.5) is 18.9 Å². The Balaban J connectivity index is 2.08. The number of carbonyl (C=O) groups excluding carboxylic acids is 1. The summed E-state index contributed by atoms with van der Waals surface area (Å²) in [7, 11) is 0. The first kappa shape index (κ1) is 20.9. The third-order valence-corrected chi connectivity index (χ3v) is 4.73. The molecule has 0 aliphatic rings. The normalized spacial score (nSPS) is 13.6. The molecular weight excluding hydrogens is 359 g/mol. The van der Waals surface area contributed by atoms with E-state index in [0.29, 0.717) is 5.56 Å². The Morgan fingerprint density at radius 2 is 1.56 bits per heavy atom. The predicted molar refractivity (Wildman–Crippen MR) is 97.8 cm³/mol. The van der Waals surface area contributed by atoms with Crippen LogP contribution in [0.15, 0.2) is 33.9 Å². The summed E-state index contributed by atoms with van der Waals surface area (Å²) in [6.07, 6.45) is -4.76. The molecule has 0 amide bonds. The van der Waals surface area contributed by atoms with Gasteiger partial charge in [-0.25, -0.2) is 0 Å². The van der Waals surface area contributed by atoms with Gasteiger partial charge in [-0.05, 0) is 30.0 Å². The van der Waals surface area contributed by atoms with Gasteiger partial charge in [-0.2, -0.15) is 13.2 Å². The molecule has 2 aromatic carbocycles. The van der Waals surface area contributed by atoms with Gasteiger partial charge in [0.15, 0.2) is 0 Å². The molecule has 0 saturated heterocycles. The first-order valence-corrected chi connectivity index (χ1v) is 8.57. The summed E-state index contributed by atoms with van der Waals surface area (Å²) < 4.78 is 37.7. The zero-order valence-electron chi connectivity index (χ0n) is 15.7. The second-order valence-corrected chi connectivity index (χ2v) is 7.83. The number of rotatable bonds is 6. The first-order valence-electron chi connectivity index (χ1n) is 8.57. The smallest absolute Gasteiger partial charge is 0.378 e. The third-order valence-electron chi connectivity index (χ3n) is 4.73. The van der Waals surface area contributed by atoms with E-state index in [1.165, 1.54) is 12.1 Å². The van der Waals surface area contributed by atoms with E-state index in [4.69, 9.17) is 0 Å². The molecule has 0 aromatic heterocycles. The molecule has 2 rings (SSSR count). The van der Waals surface area contributed by atoms with E-state index < -0.39 is 22.6 Å². The minimum atomic E-state index is -4.43. The maximum Gasteiger partial charge on any atom is 0.416 e. The van der Waals surface area contributed by atoms with Crippen LogP contribution in [-0.4, -0.2) is 11.8 Å². The van der Waals surface area contributed by atoms with Crippen molar-refractivity contribution < 1.29 is 18.0 Å². The van der Waals surface area contributed by atoms with Crippen molar-refractivity contribution in [1.82, 2.24) is 0 Å². The number of nitrogens with one attached hydrogen (secondary N) is 1. The molecule has 0 aliphatic heterocycles. The molecule has 1 unspecified atom stereocenters. The molecule has 27 heavy (non-hydrogen) atoms. The summed E-state index contributed by atoms with van der Waals surface area (Å²) in [5, 5.41) is 3.01. The maximum absolute atomic E-state index is 12.6. The Morgan fingerprint density at radius 1 is 1.00 bits per heavy atom. The molecule has 0 spiro atoms. The van der Waals surface area contributed by atoms with Gasteiger partial charge in [0, 0.05) is 24.4 Å². The number of ketones is 1. The molecule has 0 aliphatic carbocycles. The van der Waals surface area contributed by atoms with E-state index in [1.807, 2.05) is 27.7 Å². The summed E-state index contributed by atoms with van der Waals surface area (Å²) in [4.78, 5) is 35.9. The zero-order valence-corrected chi connectivity index (χ0v) is 15.7. The Hall–Kier alpha value is -2.44. The van der Waals surface area contributed by atoms with Crippen molar-refractivity contribution >= 4 is 11.5 Å². The summed E-state index contributed by atoms with van der Waals surface area (Å²) in [5.41, 5.74) is -1.52. The monoisotopic (exact) mass is 381 g/mol. The van der Waals surface area contributed by atoms with Crippen LogP contribution in [0, 0.1) is 5.41 Å². The van der Waals surface area contributed by atoms with E-state index >= 15 is 0 Å². The van der Waals surface area contributed by atoms with Gasteiger partial charge in [0.25, 0.3) is 0 Å². The lowest BCUT2D eigenvalue weighted by atomic mass is 9.87. The molecule has 2 aromatic rings. The highest BCUT2D eigenvalue weighted by Crippen LogP contribution is 2.29. The Labute approximate surface area is 155 Å². The number of Topliss-reactive ketones (excluding diaryl/α,β-unsaturated/α-hetero) is 1. The molecule has 0 bridgehead atoms. The fraction of sp³-hybridized carbons (Fsp3) is 0.450. The van der Waals surface area contributed by atoms with Crippen molar-refractivity contribution in [2.24, 2.45) is 5.41 Å². The van der Waals surface area contributed by atoms with Crippen molar-refractivity contribution in [1.29, 1.82) is 0 Å². The molecular formula is C20H22F3NO3. The minimum Gasteiger partial charge on any atom is -0.378 e. The van der Waals surface area contributed by atoms with Gasteiger partial charge < -0.3 is 5.32 Å². The number of benzene rings is 1. The Bertz CT molecular complexity index is 899. The van der Waals surface area contributed by atoms with Gasteiger partial charge in [-0.3, -0.25) is 14.4 Å². The third kappa shape index (κ3) is 4.84. The van der Waals surface area contributed by atoms with E-state index in [-0.39, 0.29) is 41.3 Å². The Morgan fingerprint density at radius 3 is 2.04 bits per heavy atom. The summed E-state index contributed by atoms with van der Waals surface area (Å²) in [6, 6.07) is 4.22. The second kappa shape index (κ2) is 7.29. The number of alkyl halides is 3. The topological polar surface area (TPSA) is 63.2 Å². The highest BCUT2D eigenvalue weighted by molar-refractivity contribution is 5.85. The maximum atomic E-state index is 12.6. The molecule has 4 nitrogen and oxygen atoms in total. The van der Waals surface area contributed by atoms with Crippen LogP contribution >= 0.6 is 0 Å². The van der Waals surface area contributed by atoms with E-state index in [2.05, 4.69) is 5.32 Å². The number of anilines is 1. The highest BCUT2D eigenvalue weighted by Gasteiger charge is 2.30. The van der Waals surface area contributed by atoms with Crippen LogP contribution in [0.3, 0.4) is 0 Å². The molecule has 7 heteroatoms. The number of hydrogen-bond acceptors (Lipinski definition) is 4. The lowest BCUT2D eigenvalue weighted by Crippen LogP contribution is -2.43. The van der Waals surface area contributed by atoms with Crippen LogP contribution in [0.5, 0.6) is 0 Å². The molecule has 1 N–H and O–H groups in total. The van der Waals surface area contributed by atoms with Crippen LogP contribution in [0.2, 0.25) is 0 Å². The lowest BCUT2D eigenvalue weighted by Gasteiger charge is -2.30. The SMILES string of the molecule is CC(Nc1c(CC(=O)Cc2ccc(C(F)(F)F)cc2)c(=O)c1=O)C(C)(C)C. The fourth-order valence-electron chi connectivity index (χ4n) is 2.49. The van der Waals surface area contributed by atoms with E-state index in [9.17, 15) is 27.6 Å². The van der Waals surface area contributed by atoms with E-state index in [0.717, 1.165) is 12.1 Å². The van der Waals surface area contributed by atoms with Crippen molar-refractivity contribution in [2.45, 2.75) is 52.8 Å². The quantitative estimate of drug-likeness (QED) is 0.778. The van der Waals surface area contributed by atoms with Crippen LogP contribution in [-0.2, 0) is 23.8 Å². The predicted octanol–water partition coefficient (Wildman–Crippen LogP) is 3.50. The van der Waals surface area contributed by atoms with E-state index in [1.54, 1.807) is 0 Å². The van der Waals surface area contributed by atoms with Gasteiger partial charge in [0.1, 0.15) is 5.78 Å². The van der Waals surface area contributed by atoms with Gasteiger partial charge in [-0.15, -0.1) is 0 Å². The number of carbonyl (C=O) groups is 1. The second-order valence-electron chi connectivity index (χ2n) is 7.83. The molecule has 0 radical (unpaired) electrons. The number of halogens is 3. The average Bonchev–Trinajstić information content (AvgIpc) is 2.56. The molecule has 0 saturated carbocycles. The summed E-state index contributed by atoms with van der Waals surface area (Å²) in [6.45, 7) is 7.81. The zero-order chi connectivity index (χ0) is 20.6. The van der Waals surface area contributed by atoms with Crippen LogP contribution in [0.25, 0.3) is 0 Å². The summed E-state index contributed by atoms with van der Waals surface area (Å²) in [5.74, 6) is -0.340. The van der Waals surface area contributed by atoms with Gasteiger partial charge >= 0.3 is 6.18 Å². The van der Waals surface area contributed by atoms with Crippen molar-refractivity contribution in [3.8, 4) is 0 Å². The summed E-state index contributed by atoms with van der Waals surface area (Å²) >= 11 is 0. The molecule has 0 fully saturated rings. The standard InChI is InChI=1S/C20H22F3NO3/c1-11(19(2,3)4)24-16-15(17(26)18(16)27)10-14(25)9-12-5-7-13(8-6-12)20(21,22)23/h5-8,11,24H,9-10H2,1-4H3. The van der Waals surface area contributed by atoms with Gasteiger partial charge in [-0.1, -0.05) is 32.9 Å². The van der Waals surface area contributed by atoms with Crippen LogP contribution in [0.1, 0.15) is 44.4 Å². The van der Waals surface area contributed by atoms with Crippen molar-refractivity contribution in [3.63, 3.8) is 0 Å². The largest absolute Gasteiger partial charge is 0.416 e. The molecule has 1 atom stereocenters. The fourth-order valence-corrected chi connectivity index (χ4v) is 2.49. The van der Waals surface area contributed by atoms with Crippen molar-refractivity contribution in [2.75, 3.05) is 5.32 Å². The average molecular weight is 381 g/mol. The lowest BCUT2D eigenvalue weighted by molar-refractivity contribution is -0.137. The van der Waals surface area contributed by atoms with Gasteiger partial charge in [0.05, 0.1) is 11.3 Å². The molecule has 146 valence electrons. The Kier molecular flexibility index (Phi) is 5.63. The number of hydrogen-bond donors (Lipinski definition) is 1. The minimum absolute atomic E-state index is 0.0930. The van der Waals surface area contributed by atoms with Crippen LogP contribution < -0.4 is 16.2 Å². The van der Waals surface area contributed by atoms with Gasteiger partial charge in [0.2, 0.25) is 10.9 Å². The highest BCUT2D eigenvalue weighted by atomic mass is 19.4. The van der Waals surface area contributed by atoms with Crippen molar-refractivity contribution in [3.05, 3.63) is 61.4 Å².